The third-order valence-electron chi connectivity index (χ3n) is 3.81. The minimum absolute atomic E-state index is 0. The van der Waals surface area contributed by atoms with Crippen LogP contribution >= 0.6 is 24.0 Å². The maximum atomic E-state index is 8.82. The zero-order valence-corrected chi connectivity index (χ0v) is 17.1. The Bertz CT molecular complexity index is 709. The molecule has 0 fully saturated rings. The van der Waals surface area contributed by atoms with Gasteiger partial charge in [-0.3, -0.25) is 4.99 Å². The van der Waals surface area contributed by atoms with E-state index in [0.29, 0.717) is 24.6 Å². The van der Waals surface area contributed by atoms with Crippen molar-refractivity contribution in [1.29, 1.82) is 5.26 Å². The molecule has 0 saturated heterocycles. The van der Waals surface area contributed by atoms with Gasteiger partial charge in [0.05, 0.1) is 17.3 Å². The number of nitrogens with one attached hydrogen (secondary N) is 2. The highest BCUT2D eigenvalue weighted by molar-refractivity contribution is 14.0. The maximum absolute atomic E-state index is 8.82. The quantitative estimate of drug-likeness (QED) is 0.399. The molecule has 0 aliphatic rings. The smallest absolute Gasteiger partial charge is 0.191 e. The minimum Gasteiger partial charge on any atom is -0.361 e. The summed E-state index contributed by atoms with van der Waals surface area (Å²) in [5.74, 6) is 1.63. The number of nitrogens with zero attached hydrogens (tertiary/aromatic N) is 3. The van der Waals surface area contributed by atoms with Gasteiger partial charge in [-0.25, -0.2) is 0 Å². The predicted octanol–water partition coefficient (Wildman–Crippen LogP) is 3.15. The van der Waals surface area contributed by atoms with Crippen molar-refractivity contribution >= 4 is 29.9 Å². The van der Waals surface area contributed by atoms with Crippen LogP contribution in [0.4, 0.5) is 0 Å². The van der Waals surface area contributed by atoms with E-state index in [1.54, 1.807) is 7.05 Å². The summed E-state index contributed by atoms with van der Waals surface area (Å²) in [5.41, 5.74) is 3.85. The standard InChI is InChI=1S/C18H23N5O.HI/c1-4-16-15(17(5-2)24-23-16)12-22-18(20-3)21-11-14-8-6-13(10-19)7-9-14;/h6-9H,4-5,11-12H2,1-3H3,(H2,20,21,22);1H. The van der Waals surface area contributed by atoms with E-state index in [-0.39, 0.29) is 24.0 Å². The molecule has 1 heterocycles. The lowest BCUT2D eigenvalue weighted by Gasteiger charge is -2.12. The lowest BCUT2D eigenvalue weighted by atomic mass is 10.1. The second-order valence-corrected chi connectivity index (χ2v) is 5.33. The Morgan fingerprint density at radius 3 is 2.40 bits per heavy atom. The molecule has 0 radical (unpaired) electrons. The number of guanidine groups is 1. The van der Waals surface area contributed by atoms with Crippen molar-refractivity contribution in [2.45, 2.75) is 39.8 Å². The van der Waals surface area contributed by atoms with E-state index in [0.717, 1.165) is 35.4 Å². The summed E-state index contributed by atoms with van der Waals surface area (Å²) in [6.45, 7) is 5.39. The summed E-state index contributed by atoms with van der Waals surface area (Å²) < 4.78 is 5.38. The Balaban J connectivity index is 0.00000312. The first-order valence-corrected chi connectivity index (χ1v) is 8.11. The Morgan fingerprint density at radius 2 is 1.84 bits per heavy atom. The van der Waals surface area contributed by atoms with Crippen molar-refractivity contribution < 1.29 is 4.52 Å². The number of rotatable bonds is 6. The number of aliphatic imine (C=N–C) groups is 1. The van der Waals surface area contributed by atoms with Crippen molar-refractivity contribution in [2.24, 2.45) is 4.99 Å². The molecule has 2 aromatic rings. The predicted molar refractivity (Wildman–Crippen MR) is 109 cm³/mol. The fourth-order valence-corrected chi connectivity index (χ4v) is 2.41. The average Bonchev–Trinajstić information content (AvgIpc) is 3.04. The van der Waals surface area contributed by atoms with Crippen LogP contribution in [0.15, 0.2) is 33.8 Å². The molecule has 0 unspecified atom stereocenters. The van der Waals surface area contributed by atoms with Crippen LogP contribution in [0.5, 0.6) is 0 Å². The highest BCUT2D eigenvalue weighted by Crippen LogP contribution is 2.15. The Hall–Kier alpha value is -2.08. The number of nitriles is 1. The van der Waals surface area contributed by atoms with Crippen molar-refractivity contribution in [3.63, 3.8) is 0 Å². The number of hydrogen-bond acceptors (Lipinski definition) is 4. The van der Waals surface area contributed by atoms with Crippen LogP contribution in [0.3, 0.4) is 0 Å². The number of aromatic nitrogens is 1. The summed E-state index contributed by atoms with van der Waals surface area (Å²) in [5, 5.41) is 19.5. The second-order valence-electron chi connectivity index (χ2n) is 5.33. The van der Waals surface area contributed by atoms with Gasteiger partial charge in [-0.05, 0) is 24.1 Å². The monoisotopic (exact) mass is 453 g/mol. The van der Waals surface area contributed by atoms with E-state index in [1.807, 2.05) is 24.3 Å². The van der Waals surface area contributed by atoms with E-state index >= 15 is 0 Å². The molecule has 1 aromatic heterocycles. The van der Waals surface area contributed by atoms with E-state index in [1.165, 1.54) is 0 Å². The molecule has 134 valence electrons. The topological polar surface area (TPSA) is 86.2 Å². The zero-order chi connectivity index (χ0) is 17.4. The van der Waals surface area contributed by atoms with E-state index in [2.05, 4.69) is 40.7 Å². The molecule has 0 bridgehead atoms. The molecule has 0 amide bonds. The Labute approximate surface area is 165 Å². The van der Waals surface area contributed by atoms with Gasteiger partial charge in [-0.15, -0.1) is 24.0 Å². The third kappa shape index (κ3) is 5.74. The van der Waals surface area contributed by atoms with Gasteiger partial charge in [0.25, 0.3) is 0 Å². The third-order valence-corrected chi connectivity index (χ3v) is 3.81. The normalized spacial score (nSPS) is 10.7. The minimum atomic E-state index is 0. The molecule has 0 saturated carbocycles. The molecule has 0 aliphatic heterocycles. The molecule has 0 atom stereocenters. The van der Waals surface area contributed by atoms with Gasteiger partial charge >= 0.3 is 0 Å². The van der Waals surface area contributed by atoms with Gasteiger partial charge in [0.2, 0.25) is 0 Å². The molecule has 6 nitrogen and oxygen atoms in total. The van der Waals surface area contributed by atoms with Crippen LogP contribution in [-0.4, -0.2) is 18.2 Å². The molecular formula is C18H24IN5O. The summed E-state index contributed by atoms with van der Waals surface area (Å²) >= 11 is 0. The fraction of sp³-hybridized carbons (Fsp3) is 0.389. The first-order chi connectivity index (χ1) is 11.7. The first kappa shape index (κ1) is 21.0. The summed E-state index contributed by atoms with van der Waals surface area (Å²) in [6.07, 6.45) is 1.67. The lowest BCUT2D eigenvalue weighted by molar-refractivity contribution is 0.380. The molecule has 2 rings (SSSR count). The number of aryl methyl sites for hydroxylation is 2. The Morgan fingerprint density at radius 1 is 1.16 bits per heavy atom. The van der Waals surface area contributed by atoms with Gasteiger partial charge in [0.15, 0.2) is 5.96 Å². The van der Waals surface area contributed by atoms with Crippen LogP contribution in [-0.2, 0) is 25.9 Å². The van der Waals surface area contributed by atoms with Gasteiger partial charge in [-0.2, -0.15) is 5.26 Å². The van der Waals surface area contributed by atoms with Gasteiger partial charge in [0, 0.05) is 32.1 Å². The van der Waals surface area contributed by atoms with Crippen LogP contribution in [0.2, 0.25) is 0 Å². The molecule has 0 spiro atoms. The second kappa shape index (κ2) is 10.7. The van der Waals surface area contributed by atoms with E-state index in [4.69, 9.17) is 9.78 Å². The summed E-state index contributed by atoms with van der Waals surface area (Å²) in [4.78, 5) is 4.24. The van der Waals surface area contributed by atoms with Crippen LogP contribution in [0.25, 0.3) is 0 Å². The number of hydrogen-bond donors (Lipinski definition) is 2. The average molecular weight is 453 g/mol. The van der Waals surface area contributed by atoms with Crippen LogP contribution in [0, 0.1) is 11.3 Å². The van der Waals surface area contributed by atoms with E-state index in [9.17, 15) is 0 Å². The summed E-state index contributed by atoms with van der Waals surface area (Å²) in [7, 11) is 1.74. The SMILES string of the molecule is CCc1noc(CC)c1CNC(=NC)NCc1ccc(C#N)cc1.I. The lowest BCUT2D eigenvalue weighted by Crippen LogP contribution is -2.36. The Kier molecular flexibility index (Phi) is 8.99. The van der Waals surface area contributed by atoms with Gasteiger partial charge in [0.1, 0.15) is 5.76 Å². The zero-order valence-electron chi connectivity index (χ0n) is 14.8. The fourth-order valence-electron chi connectivity index (χ4n) is 2.41. The largest absolute Gasteiger partial charge is 0.361 e. The molecule has 25 heavy (non-hydrogen) atoms. The van der Waals surface area contributed by atoms with Gasteiger partial charge in [-0.1, -0.05) is 31.1 Å². The van der Waals surface area contributed by atoms with E-state index < -0.39 is 0 Å². The van der Waals surface area contributed by atoms with Crippen molar-refractivity contribution in [3.05, 3.63) is 52.4 Å². The van der Waals surface area contributed by atoms with Crippen LogP contribution in [0.1, 0.15) is 42.0 Å². The van der Waals surface area contributed by atoms with Crippen LogP contribution < -0.4 is 10.6 Å². The number of benzene rings is 1. The maximum Gasteiger partial charge on any atom is 0.191 e. The van der Waals surface area contributed by atoms with Crippen molar-refractivity contribution in [2.75, 3.05) is 7.05 Å². The molecule has 7 heteroatoms. The highest BCUT2D eigenvalue weighted by atomic mass is 127. The summed E-state index contributed by atoms with van der Waals surface area (Å²) in [6, 6.07) is 9.61. The molecule has 2 N–H and O–H groups in total. The number of halogens is 1. The van der Waals surface area contributed by atoms with Gasteiger partial charge < -0.3 is 15.2 Å². The highest BCUT2D eigenvalue weighted by Gasteiger charge is 2.13. The van der Waals surface area contributed by atoms with Crippen molar-refractivity contribution in [3.8, 4) is 6.07 Å². The molecule has 0 aliphatic carbocycles. The van der Waals surface area contributed by atoms with Crippen molar-refractivity contribution in [1.82, 2.24) is 15.8 Å². The molecule has 1 aromatic carbocycles. The first-order valence-electron chi connectivity index (χ1n) is 8.11. The molecular weight excluding hydrogens is 429 g/mol.